The van der Waals surface area contributed by atoms with Gasteiger partial charge in [-0.15, -0.1) is 6.42 Å². The molecule has 0 saturated heterocycles. The van der Waals surface area contributed by atoms with Crippen LogP contribution in [-0.2, 0) is 0 Å². The highest BCUT2D eigenvalue weighted by Crippen LogP contribution is 2.36. The summed E-state index contributed by atoms with van der Waals surface area (Å²) in [5, 5.41) is 0.443. The Morgan fingerprint density at radius 3 is 2.71 bits per heavy atom. The number of benzene rings is 2. The van der Waals surface area contributed by atoms with Crippen LogP contribution in [0.4, 0.5) is 5.69 Å². The Balaban J connectivity index is 2.35. The lowest BCUT2D eigenvalue weighted by atomic mass is 10.1. The first-order valence-electron chi connectivity index (χ1n) is 7.69. The van der Waals surface area contributed by atoms with Crippen LogP contribution in [0.15, 0.2) is 35.3 Å². The Hall–Kier alpha value is -2.44. The molecule has 0 aliphatic carbocycles. The fourth-order valence-corrected chi connectivity index (χ4v) is 2.46. The zero-order chi connectivity index (χ0) is 17.5. The van der Waals surface area contributed by atoms with Crippen LogP contribution in [0.5, 0.6) is 11.5 Å². The SMILES string of the molecule is C#CCOc1c(Cl)cc(C=Nc2cc(C)ccc2C)cc1OCC. The predicted octanol–water partition coefficient (Wildman–Crippen LogP) is 5.12. The molecule has 0 bridgehead atoms. The van der Waals surface area contributed by atoms with Crippen molar-refractivity contribution in [3.8, 4) is 23.8 Å². The van der Waals surface area contributed by atoms with Gasteiger partial charge in [0, 0.05) is 6.21 Å². The summed E-state index contributed by atoms with van der Waals surface area (Å²) < 4.78 is 11.1. The number of hydrogen-bond acceptors (Lipinski definition) is 3. The highest BCUT2D eigenvalue weighted by atomic mass is 35.5. The molecule has 0 aliphatic heterocycles. The maximum atomic E-state index is 6.31. The van der Waals surface area contributed by atoms with Gasteiger partial charge in [-0.2, -0.15) is 0 Å². The number of rotatable bonds is 6. The molecular weight excluding hydrogens is 322 g/mol. The number of aliphatic imine (C=N–C) groups is 1. The lowest BCUT2D eigenvalue weighted by Gasteiger charge is -2.13. The Morgan fingerprint density at radius 1 is 1.21 bits per heavy atom. The highest BCUT2D eigenvalue weighted by molar-refractivity contribution is 6.32. The second-order valence-electron chi connectivity index (χ2n) is 5.30. The molecule has 0 unspecified atom stereocenters. The summed E-state index contributed by atoms with van der Waals surface area (Å²) in [6.45, 7) is 6.60. The number of nitrogens with zero attached hydrogens (tertiary/aromatic N) is 1. The van der Waals surface area contributed by atoms with Gasteiger partial charge < -0.3 is 9.47 Å². The van der Waals surface area contributed by atoms with Crippen molar-refractivity contribution in [1.82, 2.24) is 0 Å². The van der Waals surface area contributed by atoms with Crippen LogP contribution < -0.4 is 9.47 Å². The van der Waals surface area contributed by atoms with Crippen molar-refractivity contribution in [1.29, 1.82) is 0 Å². The van der Waals surface area contributed by atoms with E-state index >= 15 is 0 Å². The molecule has 0 amide bonds. The molecule has 3 nitrogen and oxygen atoms in total. The smallest absolute Gasteiger partial charge is 0.181 e. The van der Waals surface area contributed by atoms with Crippen LogP contribution in [0.25, 0.3) is 0 Å². The summed E-state index contributed by atoms with van der Waals surface area (Å²) in [7, 11) is 0. The fourth-order valence-electron chi connectivity index (χ4n) is 2.18. The molecule has 0 N–H and O–H groups in total. The van der Waals surface area contributed by atoms with Gasteiger partial charge in [0.1, 0.15) is 6.61 Å². The molecule has 0 heterocycles. The molecular formula is C20H20ClNO2. The molecule has 0 saturated carbocycles. The van der Waals surface area contributed by atoms with Crippen molar-refractivity contribution >= 4 is 23.5 Å². The highest BCUT2D eigenvalue weighted by Gasteiger charge is 2.12. The Morgan fingerprint density at radius 2 is 2.00 bits per heavy atom. The number of hydrogen-bond donors (Lipinski definition) is 0. The minimum absolute atomic E-state index is 0.135. The quantitative estimate of drug-likeness (QED) is 0.539. The van der Waals surface area contributed by atoms with Gasteiger partial charge in [-0.3, -0.25) is 4.99 Å². The molecule has 0 radical (unpaired) electrons. The molecule has 4 heteroatoms. The summed E-state index contributed by atoms with van der Waals surface area (Å²) in [4.78, 5) is 4.56. The summed E-state index contributed by atoms with van der Waals surface area (Å²) >= 11 is 6.31. The second kappa shape index (κ2) is 8.42. The van der Waals surface area contributed by atoms with E-state index < -0.39 is 0 Å². The van der Waals surface area contributed by atoms with Gasteiger partial charge in [0.05, 0.1) is 17.3 Å². The molecule has 124 valence electrons. The Kier molecular flexibility index (Phi) is 6.28. The molecule has 2 rings (SSSR count). The third kappa shape index (κ3) is 4.53. The third-order valence-electron chi connectivity index (χ3n) is 3.35. The molecule has 0 spiro atoms. The van der Waals surface area contributed by atoms with Crippen molar-refractivity contribution in [2.24, 2.45) is 4.99 Å². The zero-order valence-corrected chi connectivity index (χ0v) is 14.9. The molecule has 2 aromatic carbocycles. The number of ether oxygens (including phenoxy) is 2. The van der Waals surface area contributed by atoms with Gasteiger partial charge in [0.2, 0.25) is 0 Å². The van der Waals surface area contributed by atoms with Gasteiger partial charge in [-0.05, 0) is 55.7 Å². The topological polar surface area (TPSA) is 30.8 Å². The molecule has 24 heavy (non-hydrogen) atoms. The van der Waals surface area contributed by atoms with Gasteiger partial charge >= 0.3 is 0 Å². The zero-order valence-electron chi connectivity index (χ0n) is 14.1. The number of terminal acetylenes is 1. The minimum Gasteiger partial charge on any atom is -0.490 e. The largest absolute Gasteiger partial charge is 0.490 e. The summed E-state index contributed by atoms with van der Waals surface area (Å²) in [5.74, 6) is 3.44. The van der Waals surface area contributed by atoms with Crippen molar-refractivity contribution < 1.29 is 9.47 Å². The van der Waals surface area contributed by atoms with E-state index in [4.69, 9.17) is 27.5 Å². The van der Waals surface area contributed by atoms with Gasteiger partial charge in [-0.1, -0.05) is 29.7 Å². The van der Waals surface area contributed by atoms with E-state index in [2.05, 4.69) is 23.0 Å². The molecule has 0 aliphatic rings. The van der Waals surface area contributed by atoms with E-state index in [9.17, 15) is 0 Å². The molecule has 0 aromatic heterocycles. The van der Waals surface area contributed by atoms with E-state index in [0.717, 1.165) is 16.8 Å². The first-order valence-corrected chi connectivity index (χ1v) is 8.07. The van der Waals surface area contributed by atoms with Gasteiger partial charge in [-0.25, -0.2) is 0 Å². The van der Waals surface area contributed by atoms with E-state index in [1.807, 2.05) is 32.9 Å². The summed E-state index contributed by atoms with van der Waals surface area (Å²) in [6, 6.07) is 9.79. The van der Waals surface area contributed by atoms with E-state index in [1.165, 1.54) is 5.56 Å². The minimum atomic E-state index is 0.135. The van der Waals surface area contributed by atoms with E-state index in [1.54, 1.807) is 12.3 Å². The lowest BCUT2D eigenvalue weighted by molar-refractivity contribution is 0.299. The Labute approximate surface area is 148 Å². The van der Waals surface area contributed by atoms with Crippen LogP contribution in [0.2, 0.25) is 5.02 Å². The van der Waals surface area contributed by atoms with Crippen molar-refractivity contribution in [2.45, 2.75) is 20.8 Å². The van der Waals surface area contributed by atoms with Crippen LogP contribution in [-0.4, -0.2) is 19.4 Å². The van der Waals surface area contributed by atoms with Crippen LogP contribution in [0, 0.1) is 26.2 Å². The van der Waals surface area contributed by atoms with Crippen LogP contribution in [0.1, 0.15) is 23.6 Å². The Bertz CT molecular complexity index is 791. The van der Waals surface area contributed by atoms with E-state index in [0.29, 0.717) is 23.1 Å². The fraction of sp³-hybridized carbons (Fsp3) is 0.250. The molecule has 0 fully saturated rings. The van der Waals surface area contributed by atoms with Crippen molar-refractivity contribution in [2.75, 3.05) is 13.2 Å². The number of aryl methyl sites for hydroxylation is 2. The molecule has 0 atom stereocenters. The average Bonchev–Trinajstić information content (AvgIpc) is 2.55. The first kappa shape index (κ1) is 17.9. The summed E-state index contributed by atoms with van der Waals surface area (Å²) in [5.41, 5.74) is 4.04. The maximum absolute atomic E-state index is 6.31. The van der Waals surface area contributed by atoms with Crippen molar-refractivity contribution in [3.63, 3.8) is 0 Å². The van der Waals surface area contributed by atoms with Crippen molar-refractivity contribution in [3.05, 3.63) is 52.0 Å². The first-order chi connectivity index (χ1) is 11.5. The third-order valence-corrected chi connectivity index (χ3v) is 3.63. The average molecular weight is 342 g/mol. The standard InChI is InChI=1S/C20H20ClNO2/c1-5-9-24-20-17(21)11-16(12-19(20)23-6-2)13-22-18-10-14(3)7-8-15(18)4/h1,7-8,10-13H,6,9H2,2-4H3. The molecule has 2 aromatic rings. The normalized spacial score (nSPS) is 10.6. The van der Waals surface area contributed by atoms with Crippen LogP contribution >= 0.6 is 11.6 Å². The van der Waals surface area contributed by atoms with E-state index in [-0.39, 0.29) is 6.61 Å². The van der Waals surface area contributed by atoms with Gasteiger partial charge in [0.15, 0.2) is 11.5 Å². The lowest BCUT2D eigenvalue weighted by Crippen LogP contribution is -2.01. The van der Waals surface area contributed by atoms with Crippen LogP contribution in [0.3, 0.4) is 0 Å². The van der Waals surface area contributed by atoms with Gasteiger partial charge in [0.25, 0.3) is 0 Å². The second-order valence-corrected chi connectivity index (χ2v) is 5.71. The number of halogens is 1. The maximum Gasteiger partial charge on any atom is 0.181 e. The summed E-state index contributed by atoms with van der Waals surface area (Å²) in [6.07, 6.45) is 7.00. The predicted molar refractivity (Wildman–Crippen MR) is 100 cm³/mol. The monoisotopic (exact) mass is 341 g/mol.